The fourth-order valence-electron chi connectivity index (χ4n) is 2.98. The van der Waals surface area contributed by atoms with E-state index in [9.17, 15) is 0 Å². The van der Waals surface area contributed by atoms with Crippen LogP contribution < -0.4 is 10.2 Å². The molecule has 2 heterocycles. The Kier molecular flexibility index (Phi) is 3.20. The van der Waals surface area contributed by atoms with Crippen LogP contribution >= 0.6 is 0 Å². The van der Waals surface area contributed by atoms with E-state index < -0.39 is 0 Å². The molecule has 98 valence electrons. The first kappa shape index (κ1) is 11.9. The summed E-state index contributed by atoms with van der Waals surface area (Å²) in [7, 11) is 0. The second kappa shape index (κ2) is 4.84. The number of anilines is 1. The van der Waals surface area contributed by atoms with Gasteiger partial charge in [0.05, 0.1) is 5.69 Å². The first-order valence-electron chi connectivity index (χ1n) is 7.08. The van der Waals surface area contributed by atoms with Crippen molar-refractivity contribution in [1.82, 2.24) is 15.3 Å². The van der Waals surface area contributed by atoms with E-state index in [1.54, 1.807) is 0 Å². The average Bonchev–Trinajstić information content (AvgIpc) is 2.44. The molecule has 0 spiro atoms. The zero-order chi connectivity index (χ0) is 12.5. The lowest BCUT2D eigenvalue weighted by atomic mass is 9.82. The van der Waals surface area contributed by atoms with Crippen LogP contribution in [0.5, 0.6) is 0 Å². The van der Waals surface area contributed by atoms with Gasteiger partial charge in [-0.25, -0.2) is 9.97 Å². The minimum atomic E-state index is 0.584. The van der Waals surface area contributed by atoms with Crippen LogP contribution in [0.25, 0.3) is 0 Å². The van der Waals surface area contributed by atoms with Crippen molar-refractivity contribution >= 4 is 5.95 Å². The summed E-state index contributed by atoms with van der Waals surface area (Å²) in [5.74, 6) is 2.13. The summed E-state index contributed by atoms with van der Waals surface area (Å²) in [6.07, 6.45) is 4.59. The van der Waals surface area contributed by atoms with Crippen molar-refractivity contribution in [2.45, 2.75) is 38.5 Å². The van der Waals surface area contributed by atoms with Crippen molar-refractivity contribution in [2.75, 3.05) is 31.1 Å². The van der Waals surface area contributed by atoms with Crippen LogP contribution in [0.15, 0.2) is 6.20 Å². The summed E-state index contributed by atoms with van der Waals surface area (Å²) < 4.78 is 0. The number of rotatable bonds is 1. The number of hydrogen-bond acceptors (Lipinski definition) is 4. The topological polar surface area (TPSA) is 41.1 Å². The van der Waals surface area contributed by atoms with Crippen molar-refractivity contribution in [2.24, 2.45) is 0 Å². The van der Waals surface area contributed by atoms with Crippen LogP contribution in [0.1, 0.15) is 49.8 Å². The second-order valence-corrected chi connectivity index (χ2v) is 5.63. The molecule has 3 rings (SSSR count). The molecule has 1 fully saturated rings. The molecule has 0 aromatic carbocycles. The van der Waals surface area contributed by atoms with Crippen LogP contribution in [0.2, 0.25) is 0 Å². The lowest BCUT2D eigenvalue weighted by molar-refractivity contribution is 0.508. The van der Waals surface area contributed by atoms with E-state index in [0.717, 1.165) is 32.1 Å². The third-order valence-corrected chi connectivity index (χ3v) is 4.27. The maximum absolute atomic E-state index is 4.86. The molecule has 0 radical (unpaired) electrons. The molecule has 1 saturated heterocycles. The van der Waals surface area contributed by atoms with Gasteiger partial charge in [-0.05, 0) is 30.2 Å². The lowest BCUT2D eigenvalue weighted by Crippen LogP contribution is -2.44. The van der Waals surface area contributed by atoms with Gasteiger partial charge in [-0.1, -0.05) is 13.8 Å². The van der Waals surface area contributed by atoms with Gasteiger partial charge in [-0.3, -0.25) is 0 Å². The van der Waals surface area contributed by atoms with Crippen molar-refractivity contribution in [3.63, 3.8) is 0 Å². The Morgan fingerprint density at radius 1 is 1.17 bits per heavy atom. The quantitative estimate of drug-likeness (QED) is 0.821. The largest absolute Gasteiger partial charge is 0.338 e. The summed E-state index contributed by atoms with van der Waals surface area (Å²) in [5.41, 5.74) is 2.66. The normalized spacial score (nSPS) is 28.0. The summed E-state index contributed by atoms with van der Waals surface area (Å²) in [5, 5.41) is 3.37. The molecular weight excluding hydrogens is 224 g/mol. The molecule has 2 atom stereocenters. The number of fused-ring (bicyclic) bond motifs is 1. The fourth-order valence-corrected chi connectivity index (χ4v) is 2.98. The Hall–Kier alpha value is -1.16. The van der Waals surface area contributed by atoms with Gasteiger partial charge >= 0.3 is 0 Å². The van der Waals surface area contributed by atoms with Crippen molar-refractivity contribution < 1.29 is 0 Å². The Morgan fingerprint density at radius 2 is 1.89 bits per heavy atom. The van der Waals surface area contributed by atoms with Gasteiger partial charge in [0.2, 0.25) is 5.95 Å². The fraction of sp³-hybridized carbons (Fsp3) is 0.714. The van der Waals surface area contributed by atoms with Gasteiger partial charge in [0.15, 0.2) is 0 Å². The van der Waals surface area contributed by atoms with Crippen LogP contribution in [0, 0.1) is 0 Å². The van der Waals surface area contributed by atoms with E-state index >= 15 is 0 Å². The smallest absolute Gasteiger partial charge is 0.225 e. The van der Waals surface area contributed by atoms with Gasteiger partial charge < -0.3 is 10.2 Å². The van der Waals surface area contributed by atoms with E-state index in [0.29, 0.717) is 11.8 Å². The maximum atomic E-state index is 4.86. The molecule has 18 heavy (non-hydrogen) atoms. The summed E-state index contributed by atoms with van der Waals surface area (Å²) >= 11 is 0. The molecule has 1 aliphatic carbocycles. The third-order valence-electron chi connectivity index (χ3n) is 4.27. The number of nitrogens with one attached hydrogen (secondary N) is 1. The highest BCUT2D eigenvalue weighted by atomic mass is 15.3. The van der Waals surface area contributed by atoms with Gasteiger partial charge in [-0.2, -0.15) is 0 Å². The Balaban J connectivity index is 1.91. The van der Waals surface area contributed by atoms with Crippen molar-refractivity contribution in [3.8, 4) is 0 Å². The van der Waals surface area contributed by atoms with Crippen LogP contribution in [-0.2, 0) is 0 Å². The number of hydrogen-bond donors (Lipinski definition) is 1. The SMILES string of the molecule is CC1CCC(C)c2nc(N3CCNCC3)ncc21. The van der Waals surface area contributed by atoms with Crippen LogP contribution in [0.3, 0.4) is 0 Å². The minimum absolute atomic E-state index is 0.584. The van der Waals surface area contributed by atoms with Crippen molar-refractivity contribution in [1.29, 1.82) is 0 Å². The van der Waals surface area contributed by atoms with Crippen LogP contribution in [-0.4, -0.2) is 36.1 Å². The Bertz CT molecular complexity index is 426. The average molecular weight is 246 g/mol. The predicted octanol–water partition coefficient (Wildman–Crippen LogP) is 1.89. The predicted molar refractivity (Wildman–Crippen MR) is 73.2 cm³/mol. The van der Waals surface area contributed by atoms with E-state index in [2.05, 4.69) is 35.2 Å². The Labute approximate surface area is 109 Å². The zero-order valence-electron chi connectivity index (χ0n) is 11.3. The first-order valence-corrected chi connectivity index (χ1v) is 7.08. The Morgan fingerprint density at radius 3 is 2.67 bits per heavy atom. The maximum Gasteiger partial charge on any atom is 0.225 e. The molecule has 4 heteroatoms. The molecule has 2 aliphatic rings. The first-order chi connectivity index (χ1) is 8.75. The molecular formula is C14H22N4. The minimum Gasteiger partial charge on any atom is -0.338 e. The molecule has 1 aliphatic heterocycles. The van der Waals surface area contributed by atoms with Gasteiger partial charge in [-0.15, -0.1) is 0 Å². The zero-order valence-corrected chi connectivity index (χ0v) is 11.3. The molecule has 4 nitrogen and oxygen atoms in total. The summed E-state index contributed by atoms with van der Waals surface area (Å²) in [4.78, 5) is 11.7. The van der Waals surface area contributed by atoms with Gasteiger partial charge in [0.25, 0.3) is 0 Å². The molecule has 2 unspecified atom stereocenters. The van der Waals surface area contributed by atoms with Crippen molar-refractivity contribution in [3.05, 3.63) is 17.5 Å². The van der Waals surface area contributed by atoms with E-state index in [1.165, 1.54) is 24.1 Å². The number of piperazine rings is 1. The lowest BCUT2D eigenvalue weighted by Gasteiger charge is -2.30. The van der Waals surface area contributed by atoms with E-state index in [1.807, 2.05) is 0 Å². The third kappa shape index (κ3) is 2.09. The second-order valence-electron chi connectivity index (χ2n) is 5.63. The van der Waals surface area contributed by atoms with Gasteiger partial charge in [0, 0.05) is 32.4 Å². The molecule has 1 aromatic rings. The summed E-state index contributed by atoms with van der Waals surface area (Å²) in [6.45, 7) is 8.68. The molecule has 0 saturated carbocycles. The summed E-state index contributed by atoms with van der Waals surface area (Å²) in [6, 6.07) is 0. The number of aromatic nitrogens is 2. The molecule has 0 bridgehead atoms. The van der Waals surface area contributed by atoms with E-state index in [4.69, 9.17) is 4.98 Å². The van der Waals surface area contributed by atoms with Crippen LogP contribution in [0.4, 0.5) is 5.95 Å². The molecule has 1 aromatic heterocycles. The molecule has 0 amide bonds. The highest BCUT2D eigenvalue weighted by Gasteiger charge is 2.25. The monoisotopic (exact) mass is 246 g/mol. The van der Waals surface area contributed by atoms with E-state index in [-0.39, 0.29) is 0 Å². The highest BCUT2D eigenvalue weighted by molar-refractivity contribution is 5.37. The standard InChI is InChI=1S/C14H22N4/c1-10-3-4-11(2)13-12(10)9-16-14(17-13)18-7-5-15-6-8-18/h9-11,15H,3-8H2,1-2H3. The highest BCUT2D eigenvalue weighted by Crippen LogP contribution is 2.37. The molecule has 1 N–H and O–H groups in total. The number of nitrogens with zero attached hydrogens (tertiary/aromatic N) is 3. The van der Waals surface area contributed by atoms with Gasteiger partial charge in [0.1, 0.15) is 0 Å².